The van der Waals surface area contributed by atoms with Crippen LogP contribution in [0, 0.1) is 0 Å². The van der Waals surface area contributed by atoms with E-state index in [1.54, 1.807) is 14.2 Å². The summed E-state index contributed by atoms with van der Waals surface area (Å²) in [6.07, 6.45) is 4.14. The van der Waals surface area contributed by atoms with Gasteiger partial charge in [-0.15, -0.1) is 0 Å². The predicted octanol–water partition coefficient (Wildman–Crippen LogP) is 0.640. The molecule has 1 atom stereocenters. The van der Waals surface area contributed by atoms with Gasteiger partial charge in [-0.1, -0.05) is 6.42 Å². The van der Waals surface area contributed by atoms with Gasteiger partial charge in [0.05, 0.1) is 12.6 Å². The van der Waals surface area contributed by atoms with Gasteiger partial charge in [0.15, 0.2) is 0 Å². The molecule has 18 heavy (non-hydrogen) atoms. The summed E-state index contributed by atoms with van der Waals surface area (Å²) >= 11 is 0. The largest absolute Gasteiger partial charge is 0.385 e. The molecule has 0 spiro atoms. The number of rotatable bonds is 8. The second-order valence-electron chi connectivity index (χ2n) is 4.67. The van der Waals surface area contributed by atoms with Gasteiger partial charge >= 0.3 is 0 Å². The number of carbonyl (C=O) groups excluding carboxylic acids is 1. The van der Waals surface area contributed by atoms with Gasteiger partial charge in [0.1, 0.15) is 0 Å². The van der Waals surface area contributed by atoms with Crippen molar-refractivity contribution in [3.8, 4) is 0 Å². The van der Waals surface area contributed by atoms with Crippen molar-refractivity contribution in [2.75, 3.05) is 47.1 Å². The number of hydrogen-bond acceptors (Lipinski definition) is 4. The fourth-order valence-electron chi connectivity index (χ4n) is 2.22. The molecule has 0 radical (unpaired) electrons. The molecular formula is C13H26N2O3. The van der Waals surface area contributed by atoms with Crippen LogP contribution in [0.15, 0.2) is 0 Å². The Kier molecular flexibility index (Phi) is 7.96. The molecule has 1 saturated heterocycles. The molecule has 106 valence electrons. The molecule has 0 unspecified atom stereocenters. The smallest absolute Gasteiger partial charge is 0.239 e. The van der Waals surface area contributed by atoms with E-state index in [1.807, 2.05) is 4.90 Å². The number of piperidine rings is 1. The summed E-state index contributed by atoms with van der Waals surface area (Å²) < 4.78 is 10.1. The van der Waals surface area contributed by atoms with E-state index in [-0.39, 0.29) is 11.9 Å². The van der Waals surface area contributed by atoms with Crippen LogP contribution in [0.4, 0.5) is 0 Å². The molecule has 1 rings (SSSR count). The molecule has 0 aromatic rings. The van der Waals surface area contributed by atoms with Gasteiger partial charge < -0.3 is 19.7 Å². The molecule has 1 aliphatic rings. The first kappa shape index (κ1) is 15.4. The molecule has 0 aromatic heterocycles. The molecule has 0 aromatic carbocycles. The van der Waals surface area contributed by atoms with Crippen LogP contribution in [0.3, 0.4) is 0 Å². The standard InChI is InChI=1S/C13H26N2O3/c1-17-10-5-8-15(9-11-18-2)13(16)12-6-3-4-7-14-12/h12,14H,3-11H2,1-2H3/t12-/m0/s1. The van der Waals surface area contributed by atoms with E-state index in [4.69, 9.17) is 9.47 Å². The second-order valence-corrected chi connectivity index (χ2v) is 4.67. The van der Waals surface area contributed by atoms with E-state index in [9.17, 15) is 4.79 Å². The maximum Gasteiger partial charge on any atom is 0.239 e. The monoisotopic (exact) mass is 258 g/mol. The fourth-order valence-corrected chi connectivity index (χ4v) is 2.22. The average Bonchev–Trinajstić information content (AvgIpc) is 2.43. The van der Waals surface area contributed by atoms with E-state index >= 15 is 0 Å². The number of ether oxygens (including phenoxy) is 2. The lowest BCUT2D eigenvalue weighted by Crippen LogP contribution is -2.49. The zero-order valence-electron chi connectivity index (χ0n) is 11.6. The van der Waals surface area contributed by atoms with Crippen LogP contribution >= 0.6 is 0 Å². The molecular weight excluding hydrogens is 232 g/mol. The second kappa shape index (κ2) is 9.30. The number of methoxy groups -OCH3 is 2. The van der Waals surface area contributed by atoms with Crippen LogP contribution in [0.1, 0.15) is 25.7 Å². The Morgan fingerprint density at radius 2 is 2.00 bits per heavy atom. The molecule has 0 bridgehead atoms. The minimum Gasteiger partial charge on any atom is -0.385 e. The van der Waals surface area contributed by atoms with Crippen molar-refractivity contribution in [1.29, 1.82) is 0 Å². The highest BCUT2D eigenvalue weighted by Crippen LogP contribution is 2.10. The molecule has 0 saturated carbocycles. The van der Waals surface area contributed by atoms with Gasteiger partial charge in [0.2, 0.25) is 5.91 Å². The highest BCUT2D eigenvalue weighted by molar-refractivity contribution is 5.82. The maximum absolute atomic E-state index is 12.4. The third-order valence-electron chi connectivity index (χ3n) is 3.26. The van der Waals surface area contributed by atoms with Crippen molar-refractivity contribution < 1.29 is 14.3 Å². The molecule has 1 N–H and O–H groups in total. The zero-order valence-corrected chi connectivity index (χ0v) is 11.6. The first-order chi connectivity index (χ1) is 8.79. The summed E-state index contributed by atoms with van der Waals surface area (Å²) in [4.78, 5) is 14.3. The topological polar surface area (TPSA) is 50.8 Å². The number of hydrogen-bond donors (Lipinski definition) is 1. The summed E-state index contributed by atoms with van der Waals surface area (Å²) in [6, 6.07) is -0.00171. The van der Waals surface area contributed by atoms with Gasteiger partial charge in [0, 0.05) is 33.9 Å². The minimum absolute atomic E-state index is 0.00171. The Hall–Kier alpha value is -0.650. The highest BCUT2D eigenvalue weighted by atomic mass is 16.5. The van der Waals surface area contributed by atoms with E-state index in [0.29, 0.717) is 19.8 Å². The number of nitrogens with zero attached hydrogens (tertiary/aromatic N) is 1. The third-order valence-corrected chi connectivity index (χ3v) is 3.26. The van der Waals surface area contributed by atoms with Gasteiger partial charge in [0.25, 0.3) is 0 Å². The zero-order chi connectivity index (χ0) is 13.2. The Labute approximate surface area is 110 Å². The molecule has 5 heteroatoms. The maximum atomic E-state index is 12.4. The van der Waals surface area contributed by atoms with Crippen molar-refractivity contribution in [3.63, 3.8) is 0 Å². The summed E-state index contributed by atoms with van der Waals surface area (Å²) in [5.41, 5.74) is 0. The summed E-state index contributed by atoms with van der Waals surface area (Å²) in [6.45, 7) is 3.64. The lowest BCUT2D eigenvalue weighted by atomic mass is 10.0. The van der Waals surface area contributed by atoms with E-state index < -0.39 is 0 Å². The van der Waals surface area contributed by atoms with Crippen LogP contribution in [0.5, 0.6) is 0 Å². The highest BCUT2D eigenvalue weighted by Gasteiger charge is 2.25. The third kappa shape index (κ3) is 5.33. The fraction of sp³-hybridized carbons (Fsp3) is 0.923. The first-order valence-electron chi connectivity index (χ1n) is 6.79. The number of carbonyl (C=O) groups is 1. The lowest BCUT2D eigenvalue weighted by Gasteiger charge is -2.30. The normalized spacial score (nSPS) is 19.8. The number of amides is 1. The van der Waals surface area contributed by atoms with Gasteiger partial charge in [-0.05, 0) is 25.8 Å². The van der Waals surface area contributed by atoms with Gasteiger partial charge in [-0.2, -0.15) is 0 Å². The molecule has 1 amide bonds. The van der Waals surface area contributed by atoms with Gasteiger partial charge in [-0.3, -0.25) is 4.79 Å². The Morgan fingerprint density at radius 3 is 2.61 bits per heavy atom. The summed E-state index contributed by atoms with van der Waals surface area (Å²) in [7, 11) is 3.35. The Balaban J connectivity index is 2.42. The van der Waals surface area contributed by atoms with E-state index in [2.05, 4.69) is 5.32 Å². The van der Waals surface area contributed by atoms with Crippen molar-refractivity contribution >= 4 is 5.91 Å². The molecule has 0 aliphatic carbocycles. The van der Waals surface area contributed by atoms with Crippen molar-refractivity contribution in [1.82, 2.24) is 10.2 Å². The molecule has 1 fully saturated rings. The van der Waals surface area contributed by atoms with Crippen LogP contribution in [0.2, 0.25) is 0 Å². The lowest BCUT2D eigenvalue weighted by molar-refractivity contribution is -0.134. The van der Waals surface area contributed by atoms with Crippen LogP contribution in [0.25, 0.3) is 0 Å². The SMILES string of the molecule is COCCCN(CCOC)C(=O)[C@@H]1CCCCN1. The van der Waals surface area contributed by atoms with Crippen molar-refractivity contribution in [3.05, 3.63) is 0 Å². The quantitative estimate of drug-likeness (QED) is 0.649. The predicted molar refractivity (Wildman–Crippen MR) is 70.6 cm³/mol. The van der Waals surface area contributed by atoms with E-state index in [1.165, 1.54) is 6.42 Å². The van der Waals surface area contributed by atoms with Crippen molar-refractivity contribution in [2.24, 2.45) is 0 Å². The van der Waals surface area contributed by atoms with Gasteiger partial charge in [-0.25, -0.2) is 0 Å². The Bertz CT molecular complexity index is 230. The Morgan fingerprint density at radius 1 is 1.22 bits per heavy atom. The molecule has 1 heterocycles. The number of nitrogens with one attached hydrogen (secondary N) is 1. The van der Waals surface area contributed by atoms with E-state index in [0.717, 1.165) is 32.4 Å². The summed E-state index contributed by atoms with van der Waals surface area (Å²) in [5.74, 6) is 0.211. The summed E-state index contributed by atoms with van der Waals surface area (Å²) in [5, 5.41) is 3.30. The molecule has 5 nitrogen and oxygen atoms in total. The van der Waals surface area contributed by atoms with Crippen LogP contribution in [-0.2, 0) is 14.3 Å². The minimum atomic E-state index is -0.00171. The average molecular weight is 258 g/mol. The first-order valence-corrected chi connectivity index (χ1v) is 6.79. The van der Waals surface area contributed by atoms with Crippen LogP contribution < -0.4 is 5.32 Å². The molecule has 1 aliphatic heterocycles. The van der Waals surface area contributed by atoms with Crippen molar-refractivity contribution in [2.45, 2.75) is 31.7 Å². The van der Waals surface area contributed by atoms with Crippen LogP contribution in [-0.4, -0.2) is 63.9 Å².